The minimum Gasteiger partial charge on any atom is -0.497 e. The molecule has 0 spiro atoms. The number of carbonyl (C=O) groups excluding carboxylic acids is 1. The van der Waals surface area contributed by atoms with Gasteiger partial charge in [0, 0.05) is 18.5 Å². The highest BCUT2D eigenvalue weighted by Gasteiger charge is 2.46. The Morgan fingerprint density at radius 1 is 1.11 bits per heavy atom. The Bertz CT molecular complexity index is 788. The fourth-order valence-electron chi connectivity index (χ4n) is 5.25. The van der Waals surface area contributed by atoms with Crippen LogP contribution < -0.4 is 4.74 Å². The largest absolute Gasteiger partial charge is 0.497 e. The van der Waals surface area contributed by atoms with Gasteiger partial charge in [-0.3, -0.25) is 4.79 Å². The van der Waals surface area contributed by atoms with Crippen LogP contribution in [0.1, 0.15) is 43.2 Å². The SMILES string of the molecule is COc1cccc([C@]23CCC[C@H]2CN(C(=O)Cc2ccccc2)CCC3)c1. The van der Waals surface area contributed by atoms with Crippen LogP contribution in [0.2, 0.25) is 0 Å². The minimum atomic E-state index is 0.205. The van der Waals surface area contributed by atoms with Crippen molar-refractivity contribution in [2.75, 3.05) is 20.2 Å². The molecule has 1 amide bonds. The van der Waals surface area contributed by atoms with Gasteiger partial charge < -0.3 is 9.64 Å². The molecule has 2 aromatic rings. The molecule has 0 aromatic heterocycles. The van der Waals surface area contributed by atoms with E-state index in [0.717, 1.165) is 30.8 Å². The number of rotatable bonds is 4. The van der Waals surface area contributed by atoms with Gasteiger partial charge in [0.2, 0.25) is 5.91 Å². The Labute approximate surface area is 162 Å². The normalized spacial score (nSPS) is 24.9. The predicted octanol–water partition coefficient (Wildman–Crippen LogP) is 4.60. The van der Waals surface area contributed by atoms with E-state index in [9.17, 15) is 4.79 Å². The number of likely N-dealkylation sites (tertiary alicyclic amines) is 1. The summed E-state index contributed by atoms with van der Waals surface area (Å²) in [7, 11) is 1.74. The summed E-state index contributed by atoms with van der Waals surface area (Å²) in [6, 6.07) is 18.7. The highest BCUT2D eigenvalue weighted by atomic mass is 16.5. The molecule has 1 aliphatic heterocycles. The number of carbonyl (C=O) groups is 1. The zero-order valence-corrected chi connectivity index (χ0v) is 16.2. The first-order valence-corrected chi connectivity index (χ1v) is 10.2. The Kier molecular flexibility index (Phi) is 5.20. The van der Waals surface area contributed by atoms with Gasteiger partial charge >= 0.3 is 0 Å². The minimum absolute atomic E-state index is 0.205. The highest BCUT2D eigenvalue weighted by molar-refractivity contribution is 5.78. The van der Waals surface area contributed by atoms with Crippen LogP contribution in [-0.2, 0) is 16.6 Å². The number of hydrogen-bond acceptors (Lipinski definition) is 2. The molecule has 2 aromatic carbocycles. The summed E-state index contributed by atoms with van der Waals surface area (Å²) in [6.07, 6.45) is 6.45. The molecule has 1 aliphatic carbocycles. The summed E-state index contributed by atoms with van der Waals surface area (Å²) in [5.74, 6) is 1.76. The second kappa shape index (κ2) is 7.75. The molecule has 3 heteroatoms. The maximum Gasteiger partial charge on any atom is 0.226 e. The maximum absolute atomic E-state index is 13.0. The van der Waals surface area contributed by atoms with Crippen molar-refractivity contribution >= 4 is 5.91 Å². The van der Waals surface area contributed by atoms with Gasteiger partial charge in [0.25, 0.3) is 0 Å². The summed E-state index contributed by atoms with van der Waals surface area (Å²) in [6.45, 7) is 1.77. The number of benzene rings is 2. The topological polar surface area (TPSA) is 29.5 Å². The number of ether oxygens (including phenoxy) is 1. The van der Waals surface area contributed by atoms with E-state index in [1.54, 1.807) is 7.11 Å². The second-order valence-corrected chi connectivity index (χ2v) is 8.08. The summed E-state index contributed by atoms with van der Waals surface area (Å²) in [5, 5.41) is 0. The molecule has 1 saturated carbocycles. The van der Waals surface area contributed by atoms with E-state index in [1.165, 1.54) is 31.2 Å². The van der Waals surface area contributed by atoms with E-state index >= 15 is 0 Å². The van der Waals surface area contributed by atoms with Crippen molar-refractivity contribution in [1.82, 2.24) is 4.90 Å². The number of fused-ring (bicyclic) bond motifs is 1. The van der Waals surface area contributed by atoms with Gasteiger partial charge in [-0.05, 0) is 54.9 Å². The Hall–Kier alpha value is -2.29. The lowest BCUT2D eigenvalue weighted by molar-refractivity contribution is -0.131. The average molecular weight is 364 g/mol. The van der Waals surface area contributed by atoms with Gasteiger partial charge in [-0.15, -0.1) is 0 Å². The van der Waals surface area contributed by atoms with Crippen molar-refractivity contribution < 1.29 is 9.53 Å². The number of nitrogens with zero attached hydrogens (tertiary/aromatic N) is 1. The van der Waals surface area contributed by atoms with Crippen LogP contribution in [0.5, 0.6) is 5.75 Å². The number of hydrogen-bond donors (Lipinski definition) is 0. The molecular weight excluding hydrogens is 334 g/mol. The summed E-state index contributed by atoms with van der Waals surface area (Å²) >= 11 is 0. The van der Waals surface area contributed by atoms with Gasteiger partial charge in [0.05, 0.1) is 13.5 Å². The number of amides is 1. The van der Waals surface area contributed by atoms with Gasteiger partial charge in [-0.1, -0.05) is 48.9 Å². The van der Waals surface area contributed by atoms with Crippen LogP contribution in [0.4, 0.5) is 0 Å². The summed E-state index contributed by atoms with van der Waals surface area (Å²) < 4.78 is 5.48. The standard InChI is InChI=1S/C24H29NO2/c1-27-22-12-5-10-20(17-22)24-13-6-11-21(24)18-25(15-7-14-24)23(26)16-19-8-3-2-4-9-19/h2-5,8-10,12,17,21H,6-7,11,13-16,18H2,1H3/t21-,24+/m0/s1. The van der Waals surface area contributed by atoms with Crippen LogP contribution >= 0.6 is 0 Å². The Balaban J connectivity index is 1.54. The second-order valence-electron chi connectivity index (χ2n) is 8.08. The Morgan fingerprint density at radius 3 is 2.74 bits per heavy atom. The Morgan fingerprint density at radius 2 is 1.93 bits per heavy atom. The monoisotopic (exact) mass is 363 g/mol. The van der Waals surface area contributed by atoms with Gasteiger partial charge in [0.15, 0.2) is 0 Å². The lowest BCUT2D eigenvalue weighted by Gasteiger charge is -2.36. The first-order chi connectivity index (χ1) is 13.2. The van der Waals surface area contributed by atoms with E-state index in [1.807, 2.05) is 36.4 Å². The molecule has 0 unspecified atom stereocenters. The zero-order chi connectivity index (χ0) is 18.7. The first kappa shape index (κ1) is 18.1. The molecule has 3 nitrogen and oxygen atoms in total. The molecule has 2 fully saturated rings. The van der Waals surface area contributed by atoms with E-state index in [4.69, 9.17) is 4.74 Å². The van der Waals surface area contributed by atoms with Crippen molar-refractivity contribution in [1.29, 1.82) is 0 Å². The summed E-state index contributed by atoms with van der Waals surface area (Å²) in [4.78, 5) is 15.1. The lowest BCUT2D eigenvalue weighted by Crippen LogP contribution is -2.39. The van der Waals surface area contributed by atoms with Crippen molar-refractivity contribution in [3.63, 3.8) is 0 Å². The van der Waals surface area contributed by atoms with Crippen molar-refractivity contribution in [2.24, 2.45) is 5.92 Å². The van der Waals surface area contributed by atoms with Crippen LogP contribution in [0, 0.1) is 5.92 Å². The van der Waals surface area contributed by atoms with Gasteiger partial charge in [-0.25, -0.2) is 0 Å². The highest BCUT2D eigenvalue weighted by Crippen LogP contribution is 2.51. The molecule has 142 valence electrons. The van der Waals surface area contributed by atoms with E-state index in [2.05, 4.69) is 23.1 Å². The van der Waals surface area contributed by atoms with E-state index in [0.29, 0.717) is 12.3 Å². The molecular formula is C24H29NO2. The zero-order valence-electron chi connectivity index (χ0n) is 16.2. The van der Waals surface area contributed by atoms with E-state index in [-0.39, 0.29) is 11.3 Å². The van der Waals surface area contributed by atoms with Gasteiger partial charge in [0.1, 0.15) is 5.75 Å². The fourth-order valence-corrected chi connectivity index (χ4v) is 5.25. The summed E-state index contributed by atoms with van der Waals surface area (Å²) in [5.41, 5.74) is 2.72. The fraction of sp³-hybridized carbons (Fsp3) is 0.458. The third kappa shape index (κ3) is 3.60. The molecule has 1 saturated heterocycles. The van der Waals surface area contributed by atoms with Gasteiger partial charge in [-0.2, -0.15) is 0 Å². The van der Waals surface area contributed by atoms with Crippen LogP contribution in [0.3, 0.4) is 0 Å². The molecule has 1 heterocycles. The number of methoxy groups -OCH3 is 1. The predicted molar refractivity (Wildman–Crippen MR) is 108 cm³/mol. The third-order valence-electron chi connectivity index (χ3n) is 6.64. The van der Waals surface area contributed by atoms with Crippen LogP contribution in [0.15, 0.2) is 54.6 Å². The van der Waals surface area contributed by atoms with Crippen molar-refractivity contribution in [2.45, 2.75) is 43.9 Å². The lowest BCUT2D eigenvalue weighted by atomic mass is 9.69. The molecule has 4 rings (SSSR count). The quantitative estimate of drug-likeness (QED) is 0.795. The first-order valence-electron chi connectivity index (χ1n) is 10.2. The van der Waals surface area contributed by atoms with Crippen LogP contribution in [-0.4, -0.2) is 31.0 Å². The molecule has 2 atom stereocenters. The van der Waals surface area contributed by atoms with Crippen molar-refractivity contribution in [3.05, 3.63) is 65.7 Å². The average Bonchev–Trinajstić information content (AvgIpc) is 3.02. The molecule has 2 aliphatic rings. The van der Waals surface area contributed by atoms with E-state index < -0.39 is 0 Å². The molecule has 0 N–H and O–H groups in total. The third-order valence-corrected chi connectivity index (χ3v) is 6.64. The molecule has 27 heavy (non-hydrogen) atoms. The molecule has 0 radical (unpaired) electrons. The van der Waals surface area contributed by atoms with Crippen LogP contribution in [0.25, 0.3) is 0 Å². The maximum atomic E-state index is 13.0. The molecule has 0 bridgehead atoms. The van der Waals surface area contributed by atoms with Crippen molar-refractivity contribution in [3.8, 4) is 5.75 Å². The smallest absolute Gasteiger partial charge is 0.226 e.